The highest BCUT2D eigenvalue weighted by atomic mass is 79.9. The first-order valence-corrected chi connectivity index (χ1v) is 6.65. The Hall–Kier alpha value is -0.380. The first kappa shape index (κ1) is 10.8. The normalized spacial score (nSPS) is 22.8. The van der Waals surface area contributed by atoms with Crippen molar-refractivity contribution in [1.29, 1.82) is 0 Å². The van der Waals surface area contributed by atoms with Crippen LogP contribution in [0.5, 0.6) is 0 Å². The minimum atomic E-state index is 0.225. The molecule has 3 rings (SSSR count). The summed E-state index contributed by atoms with van der Waals surface area (Å²) < 4.78 is 6.56. The number of benzene rings is 1. The van der Waals surface area contributed by atoms with Crippen LogP contribution < -0.4 is 5.32 Å². The third kappa shape index (κ3) is 2.04. The standard InChI is InChI=1S/C13H16BrNO/c14-11-3-1-10(2-4-11)13(8-16-9-13)7-15-12-5-6-12/h1-4,12,15H,5-9H2. The molecule has 1 saturated carbocycles. The number of nitrogens with one attached hydrogen (secondary N) is 1. The summed E-state index contributed by atoms with van der Waals surface area (Å²) in [7, 11) is 0. The fourth-order valence-electron chi connectivity index (χ4n) is 2.15. The molecule has 1 saturated heterocycles. The zero-order valence-corrected chi connectivity index (χ0v) is 10.8. The molecule has 1 aliphatic carbocycles. The van der Waals surface area contributed by atoms with Gasteiger partial charge in [-0.2, -0.15) is 0 Å². The highest BCUT2D eigenvalue weighted by Crippen LogP contribution is 2.33. The fourth-order valence-corrected chi connectivity index (χ4v) is 2.41. The molecule has 2 nitrogen and oxygen atoms in total. The Morgan fingerprint density at radius 1 is 1.25 bits per heavy atom. The van der Waals surface area contributed by atoms with Crippen LogP contribution in [-0.4, -0.2) is 25.8 Å². The molecule has 0 radical (unpaired) electrons. The van der Waals surface area contributed by atoms with Crippen LogP contribution in [-0.2, 0) is 10.2 Å². The summed E-state index contributed by atoms with van der Waals surface area (Å²) in [4.78, 5) is 0. The Balaban J connectivity index is 1.74. The van der Waals surface area contributed by atoms with E-state index in [9.17, 15) is 0 Å². The second kappa shape index (κ2) is 4.13. The lowest BCUT2D eigenvalue weighted by Crippen LogP contribution is -2.53. The lowest BCUT2D eigenvalue weighted by atomic mass is 9.78. The van der Waals surface area contributed by atoms with Gasteiger partial charge in [0, 0.05) is 17.1 Å². The summed E-state index contributed by atoms with van der Waals surface area (Å²) >= 11 is 3.48. The Morgan fingerprint density at radius 2 is 1.94 bits per heavy atom. The van der Waals surface area contributed by atoms with Gasteiger partial charge in [-0.3, -0.25) is 0 Å². The van der Waals surface area contributed by atoms with Crippen molar-refractivity contribution >= 4 is 15.9 Å². The number of halogens is 1. The van der Waals surface area contributed by atoms with Crippen LogP contribution >= 0.6 is 15.9 Å². The monoisotopic (exact) mass is 281 g/mol. The van der Waals surface area contributed by atoms with Crippen molar-refractivity contribution in [2.24, 2.45) is 0 Å². The molecule has 86 valence electrons. The quantitative estimate of drug-likeness (QED) is 0.916. The van der Waals surface area contributed by atoms with Gasteiger partial charge in [-0.05, 0) is 30.5 Å². The van der Waals surface area contributed by atoms with E-state index in [0.29, 0.717) is 0 Å². The van der Waals surface area contributed by atoms with Gasteiger partial charge >= 0.3 is 0 Å². The molecule has 0 bridgehead atoms. The molecule has 0 amide bonds. The topological polar surface area (TPSA) is 21.3 Å². The molecule has 0 aromatic heterocycles. The van der Waals surface area contributed by atoms with E-state index in [2.05, 4.69) is 45.5 Å². The molecule has 0 unspecified atom stereocenters. The average molecular weight is 282 g/mol. The lowest BCUT2D eigenvalue weighted by molar-refractivity contribution is -0.0591. The van der Waals surface area contributed by atoms with Crippen molar-refractivity contribution in [1.82, 2.24) is 5.32 Å². The van der Waals surface area contributed by atoms with E-state index >= 15 is 0 Å². The zero-order chi connectivity index (χ0) is 11.0. The van der Waals surface area contributed by atoms with E-state index in [-0.39, 0.29) is 5.41 Å². The second-order valence-corrected chi connectivity index (χ2v) is 5.85. The third-order valence-corrected chi connectivity index (χ3v) is 4.05. The molecule has 2 aliphatic rings. The van der Waals surface area contributed by atoms with Gasteiger partial charge in [0.25, 0.3) is 0 Å². The highest BCUT2D eigenvalue weighted by Gasteiger charge is 2.41. The summed E-state index contributed by atoms with van der Waals surface area (Å²) in [5, 5.41) is 3.62. The van der Waals surface area contributed by atoms with Crippen molar-refractivity contribution in [3.8, 4) is 0 Å². The Kier molecular flexibility index (Phi) is 2.78. The molecule has 1 heterocycles. The summed E-state index contributed by atoms with van der Waals surface area (Å²) in [6, 6.07) is 9.43. The molecule has 1 N–H and O–H groups in total. The summed E-state index contributed by atoms with van der Waals surface area (Å²) in [5.41, 5.74) is 1.62. The van der Waals surface area contributed by atoms with Crippen molar-refractivity contribution in [3.05, 3.63) is 34.3 Å². The van der Waals surface area contributed by atoms with E-state index in [4.69, 9.17) is 4.74 Å². The Morgan fingerprint density at radius 3 is 2.44 bits per heavy atom. The predicted octanol–water partition coefficient (Wildman–Crippen LogP) is 2.47. The van der Waals surface area contributed by atoms with Gasteiger partial charge < -0.3 is 10.1 Å². The molecule has 1 aromatic carbocycles. The maximum atomic E-state index is 5.42. The van der Waals surface area contributed by atoms with Gasteiger partial charge in [-0.15, -0.1) is 0 Å². The second-order valence-electron chi connectivity index (χ2n) is 4.94. The van der Waals surface area contributed by atoms with Crippen LogP contribution in [0.3, 0.4) is 0 Å². The smallest absolute Gasteiger partial charge is 0.0598 e. The first-order valence-electron chi connectivity index (χ1n) is 5.86. The SMILES string of the molecule is Brc1ccc(C2(CNC3CC3)COC2)cc1. The third-order valence-electron chi connectivity index (χ3n) is 3.52. The van der Waals surface area contributed by atoms with Crippen molar-refractivity contribution in [2.45, 2.75) is 24.3 Å². The largest absolute Gasteiger partial charge is 0.379 e. The molecule has 0 spiro atoms. The van der Waals surface area contributed by atoms with Crippen molar-refractivity contribution in [2.75, 3.05) is 19.8 Å². The molecule has 1 aliphatic heterocycles. The minimum Gasteiger partial charge on any atom is -0.379 e. The van der Waals surface area contributed by atoms with Crippen LogP contribution in [0.1, 0.15) is 18.4 Å². The number of ether oxygens (including phenoxy) is 1. The van der Waals surface area contributed by atoms with Crippen LogP contribution in [0.4, 0.5) is 0 Å². The number of rotatable bonds is 4. The van der Waals surface area contributed by atoms with Gasteiger partial charge in [-0.25, -0.2) is 0 Å². The van der Waals surface area contributed by atoms with Crippen LogP contribution in [0.2, 0.25) is 0 Å². The maximum Gasteiger partial charge on any atom is 0.0598 e. The van der Waals surface area contributed by atoms with E-state index in [0.717, 1.165) is 30.3 Å². The van der Waals surface area contributed by atoms with Crippen LogP contribution in [0, 0.1) is 0 Å². The zero-order valence-electron chi connectivity index (χ0n) is 9.21. The Bertz CT molecular complexity index is 368. The Labute approximate surface area is 105 Å². The van der Waals surface area contributed by atoms with E-state index in [1.165, 1.54) is 18.4 Å². The molecule has 0 atom stereocenters. The average Bonchev–Trinajstić information content (AvgIpc) is 3.03. The predicted molar refractivity (Wildman–Crippen MR) is 67.7 cm³/mol. The van der Waals surface area contributed by atoms with E-state index < -0.39 is 0 Å². The highest BCUT2D eigenvalue weighted by molar-refractivity contribution is 9.10. The van der Waals surface area contributed by atoms with E-state index in [1.54, 1.807) is 0 Å². The number of hydrogen-bond donors (Lipinski definition) is 1. The maximum absolute atomic E-state index is 5.42. The molecule has 16 heavy (non-hydrogen) atoms. The van der Waals surface area contributed by atoms with Gasteiger partial charge in [0.15, 0.2) is 0 Å². The van der Waals surface area contributed by atoms with Crippen molar-refractivity contribution in [3.63, 3.8) is 0 Å². The van der Waals surface area contributed by atoms with Crippen LogP contribution in [0.15, 0.2) is 28.7 Å². The van der Waals surface area contributed by atoms with Gasteiger partial charge in [0.2, 0.25) is 0 Å². The molecule has 3 heteroatoms. The first-order chi connectivity index (χ1) is 7.78. The van der Waals surface area contributed by atoms with Gasteiger partial charge in [0.1, 0.15) is 0 Å². The summed E-state index contributed by atoms with van der Waals surface area (Å²) in [5.74, 6) is 0. The fraction of sp³-hybridized carbons (Fsp3) is 0.538. The summed E-state index contributed by atoms with van der Waals surface area (Å²) in [6.07, 6.45) is 2.69. The van der Waals surface area contributed by atoms with Gasteiger partial charge in [0.05, 0.1) is 18.6 Å². The summed E-state index contributed by atoms with van der Waals surface area (Å²) in [6.45, 7) is 2.77. The minimum absolute atomic E-state index is 0.225. The molecule has 1 aromatic rings. The van der Waals surface area contributed by atoms with Crippen LogP contribution in [0.25, 0.3) is 0 Å². The van der Waals surface area contributed by atoms with Crippen molar-refractivity contribution < 1.29 is 4.74 Å². The lowest BCUT2D eigenvalue weighted by Gasteiger charge is -2.42. The van der Waals surface area contributed by atoms with E-state index in [1.807, 2.05) is 0 Å². The van der Waals surface area contributed by atoms with Gasteiger partial charge in [-0.1, -0.05) is 28.1 Å². The molecule has 2 fully saturated rings. The molecular formula is C13H16BrNO. The molecular weight excluding hydrogens is 266 g/mol. The number of hydrogen-bond acceptors (Lipinski definition) is 2.